The van der Waals surface area contributed by atoms with Gasteiger partial charge in [-0.1, -0.05) is 24.3 Å². The van der Waals surface area contributed by atoms with Crippen LogP contribution in [0.1, 0.15) is 39.5 Å². The van der Waals surface area contributed by atoms with Crippen LogP contribution in [0.3, 0.4) is 0 Å². The molecule has 0 rings (SSSR count). The van der Waals surface area contributed by atoms with Crippen molar-refractivity contribution >= 4 is 11.9 Å². The van der Waals surface area contributed by atoms with E-state index in [0.29, 0.717) is 12.8 Å². The summed E-state index contributed by atoms with van der Waals surface area (Å²) < 4.78 is 61.4. The van der Waals surface area contributed by atoms with Crippen LogP contribution in [-0.4, -0.2) is 37.0 Å². The van der Waals surface area contributed by atoms with Crippen LogP contribution < -0.4 is 0 Å². The Balaban J connectivity index is 4.09. The second-order valence-electron chi connectivity index (χ2n) is 4.78. The third kappa shape index (κ3) is 8.69. The normalized spacial score (nSPS) is 12.8. The lowest BCUT2D eigenvalue weighted by Gasteiger charge is -2.12. The number of halogens is 4. The van der Waals surface area contributed by atoms with Crippen molar-refractivity contribution in [3.05, 3.63) is 24.3 Å². The Labute approximate surface area is 138 Å². The second kappa shape index (κ2) is 10.8. The first-order chi connectivity index (χ1) is 11.2. The molecular formula is C16H22F4O4. The topological polar surface area (TPSA) is 52.6 Å². The van der Waals surface area contributed by atoms with Crippen LogP contribution in [0.15, 0.2) is 24.3 Å². The largest absolute Gasteiger partial charge is 0.462 e. The fraction of sp³-hybridized carbons (Fsp3) is 0.625. The van der Waals surface area contributed by atoms with Crippen molar-refractivity contribution in [2.24, 2.45) is 0 Å². The highest BCUT2D eigenvalue weighted by Crippen LogP contribution is 2.22. The molecule has 0 aliphatic rings. The Morgan fingerprint density at radius 1 is 0.750 bits per heavy atom. The fourth-order valence-electron chi connectivity index (χ4n) is 1.53. The van der Waals surface area contributed by atoms with Crippen molar-refractivity contribution in [1.82, 2.24) is 0 Å². The van der Waals surface area contributed by atoms with Crippen LogP contribution in [0.25, 0.3) is 0 Å². The zero-order chi connectivity index (χ0) is 18.6. The van der Waals surface area contributed by atoms with E-state index in [-0.39, 0.29) is 13.2 Å². The van der Waals surface area contributed by atoms with Crippen LogP contribution in [0.5, 0.6) is 0 Å². The maximum Gasteiger partial charge on any atom is 0.377 e. The number of alkyl halides is 4. The molecule has 138 valence electrons. The minimum atomic E-state index is -3.58. The van der Waals surface area contributed by atoms with Crippen molar-refractivity contribution < 1.29 is 36.6 Å². The third-order valence-electron chi connectivity index (χ3n) is 2.73. The predicted octanol–water partition coefficient (Wildman–Crippen LogP) is 4.06. The molecule has 0 aliphatic carbocycles. The molecule has 0 spiro atoms. The van der Waals surface area contributed by atoms with E-state index in [1.54, 1.807) is 0 Å². The molecule has 24 heavy (non-hydrogen) atoms. The molecule has 0 aromatic heterocycles. The van der Waals surface area contributed by atoms with E-state index in [0.717, 1.165) is 12.2 Å². The number of carbonyl (C=O) groups is 2. The summed E-state index contributed by atoms with van der Waals surface area (Å²) in [6.45, 7) is 2.61. The zero-order valence-corrected chi connectivity index (χ0v) is 13.7. The summed E-state index contributed by atoms with van der Waals surface area (Å²) >= 11 is 0. The first kappa shape index (κ1) is 22.1. The van der Waals surface area contributed by atoms with E-state index in [1.165, 1.54) is 26.0 Å². The number of esters is 2. The van der Waals surface area contributed by atoms with Gasteiger partial charge in [0, 0.05) is 12.8 Å². The van der Waals surface area contributed by atoms with E-state index in [1.807, 2.05) is 0 Å². The van der Waals surface area contributed by atoms with Crippen molar-refractivity contribution in [3.8, 4) is 0 Å². The monoisotopic (exact) mass is 354 g/mol. The first-order valence-electron chi connectivity index (χ1n) is 7.57. The average molecular weight is 354 g/mol. The first-order valence-corrected chi connectivity index (χ1v) is 7.57. The summed E-state index contributed by atoms with van der Waals surface area (Å²) in [5, 5.41) is 0. The smallest absolute Gasteiger partial charge is 0.377 e. The molecule has 0 saturated carbocycles. The van der Waals surface area contributed by atoms with Gasteiger partial charge in [-0.25, -0.2) is 9.59 Å². The second-order valence-corrected chi connectivity index (χ2v) is 4.78. The van der Waals surface area contributed by atoms with E-state index in [9.17, 15) is 27.2 Å². The molecule has 0 aliphatic heterocycles. The molecule has 0 heterocycles. The van der Waals surface area contributed by atoms with Gasteiger partial charge in [0.25, 0.3) is 0 Å². The van der Waals surface area contributed by atoms with Crippen molar-refractivity contribution in [1.29, 1.82) is 0 Å². The third-order valence-corrected chi connectivity index (χ3v) is 2.73. The van der Waals surface area contributed by atoms with Crippen molar-refractivity contribution in [2.45, 2.75) is 51.4 Å². The summed E-state index contributed by atoms with van der Waals surface area (Å²) in [6.07, 6.45) is 4.21. The highest BCUT2D eigenvalue weighted by atomic mass is 19.3. The molecule has 0 unspecified atom stereocenters. The molecule has 0 fully saturated rings. The Hall–Kier alpha value is -1.86. The van der Waals surface area contributed by atoms with Gasteiger partial charge in [-0.05, 0) is 26.7 Å². The average Bonchev–Trinajstić information content (AvgIpc) is 2.50. The summed E-state index contributed by atoms with van der Waals surface area (Å²) in [4.78, 5) is 21.9. The fourth-order valence-corrected chi connectivity index (χ4v) is 1.53. The molecule has 8 heteroatoms. The van der Waals surface area contributed by atoms with E-state index in [4.69, 9.17) is 0 Å². The van der Waals surface area contributed by atoms with Gasteiger partial charge in [-0.2, -0.15) is 17.6 Å². The van der Waals surface area contributed by atoms with E-state index >= 15 is 0 Å². The predicted molar refractivity (Wildman–Crippen MR) is 79.9 cm³/mol. The van der Waals surface area contributed by atoms with Gasteiger partial charge in [0.05, 0.1) is 13.2 Å². The molecule has 0 bridgehead atoms. The van der Waals surface area contributed by atoms with Crippen LogP contribution in [-0.2, 0) is 19.1 Å². The number of ether oxygens (including phenoxy) is 2. The highest BCUT2D eigenvalue weighted by molar-refractivity contribution is 5.78. The highest BCUT2D eigenvalue weighted by Gasteiger charge is 2.39. The van der Waals surface area contributed by atoms with Gasteiger partial charge in [0.15, 0.2) is 0 Å². The Kier molecular flexibility index (Phi) is 9.99. The molecule has 0 amide bonds. The quantitative estimate of drug-likeness (QED) is 0.243. The minimum absolute atomic E-state index is 0.126. The lowest BCUT2D eigenvalue weighted by Crippen LogP contribution is -2.30. The molecule has 4 nitrogen and oxygen atoms in total. The van der Waals surface area contributed by atoms with Crippen LogP contribution >= 0.6 is 0 Å². The Bertz CT molecular complexity index is 417. The van der Waals surface area contributed by atoms with Gasteiger partial charge in [0.1, 0.15) is 0 Å². The molecule has 0 radical (unpaired) electrons. The van der Waals surface area contributed by atoms with Gasteiger partial charge in [-0.3, -0.25) is 0 Å². The Morgan fingerprint density at radius 3 is 1.38 bits per heavy atom. The Morgan fingerprint density at radius 2 is 1.08 bits per heavy atom. The number of allylic oxidation sites excluding steroid dienone is 4. The van der Waals surface area contributed by atoms with Gasteiger partial charge >= 0.3 is 23.8 Å². The van der Waals surface area contributed by atoms with Gasteiger partial charge in [-0.15, -0.1) is 0 Å². The SMILES string of the molecule is CCOC(=O)C(F)(F)CC=CCCC=CCC(F)(F)C(=O)OCC. The van der Waals surface area contributed by atoms with Crippen LogP contribution in [0.4, 0.5) is 17.6 Å². The number of hydrogen-bond donors (Lipinski definition) is 0. The van der Waals surface area contributed by atoms with Gasteiger partial charge in [0.2, 0.25) is 0 Å². The maximum atomic E-state index is 13.2. The molecule has 0 aromatic rings. The molecule has 0 N–H and O–H groups in total. The summed E-state index contributed by atoms with van der Waals surface area (Å²) in [7, 11) is 0. The molecule has 0 atom stereocenters. The van der Waals surface area contributed by atoms with Crippen LogP contribution in [0.2, 0.25) is 0 Å². The maximum absolute atomic E-state index is 13.2. The van der Waals surface area contributed by atoms with E-state index < -0.39 is 36.6 Å². The van der Waals surface area contributed by atoms with Gasteiger partial charge < -0.3 is 9.47 Å². The molecular weight excluding hydrogens is 332 g/mol. The number of carbonyl (C=O) groups excluding carboxylic acids is 2. The summed E-state index contributed by atoms with van der Waals surface area (Å²) in [6, 6.07) is 0. The standard InChI is InChI=1S/C16H22F4O4/c1-3-23-13(21)15(17,18)11-9-7-5-6-8-10-12-16(19,20)14(22)24-4-2/h7-10H,3-6,11-12H2,1-2H3. The zero-order valence-electron chi connectivity index (χ0n) is 13.7. The number of rotatable bonds is 11. The molecule has 0 saturated heterocycles. The minimum Gasteiger partial charge on any atom is -0.462 e. The van der Waals surface area contributed by atoms with Crippen molar-refractivity contribution in [2.75, 3.05) is 13.2 Å². The number of unbranched alkanes of at least 4 members (excludes halogenated alkanes) is 1. The molecule has 0 aromatic carbocycles. The summed E-state index contributed by atoms with van der Waals surface area (Å²) in [5.74, 6) is -10.3. The lowest BCUT2D eigenvalue weighted by molar-refractivity contribution is -0.171. The van der Waals surface area contributed by atoms with E-state index in [2.05, 4.69) is 9.47 Å². The summed E-state index contributed by atoms with van der Waals surface area (Å²) in [5.41, 5.74) is 0. The van der Waals surface area contributed by atoms with Crippen LogP contribution in [0, 0.1) is 0 Å². The number of hydrogen-bond acceptors (Lipinski definition) is 4. The van der Waals surface area contributed by atoms with Crippen molar-refractivity contribution in [3.63, 3.8) is 0 Å². The lowest BCUT2D eigenvalue weighted by atomic mass is 10.1.